The number of pyridine rings is 1. The highest BCUT2D eigenvalue weighted by Gasteiger charge is 2.40. The number of fused-ring (bicyclic) bond motifs is 1. The Morgan fingerprint density at radius 3 is 2.85 bits per heavy atom. The van der Waals surface area contributed by atoms with Crippen LogP contribution >= 0.6 is 0 Å². The van der Waals surface area contributed by atoms with Crippen LogP contribution in [0.15, 0.2) is 36.5 Å². The van der Waals surface area contributed by atoms with Crippen molar-refractivity contribution in [3.63, 3.8) is 0 Å². The lowest BCUT2D eigenvalue weighted by Crippen LogP contribution is -2.31. The molecule has 6 heteroatoms. The number of hydrogen-bond donors (Lipinski definition) is 1. The lowest BCUT2D eigenvalue weighted by Gasteiger charge is -2.26. The van der Waals surface area contributed by atoms with E-state index < -0.39 is 0 Å². The highest BCUT2D eigenvalue weighted by Crippen LogP contribution is 2.45. The summed E-state index contributed by atoms with van der Waals surface area (Å²) in [5.41, 5.74) is 10.3. The van der Waals surface area contributed by atoms with Crippen LogP contribution in [0.3, 0.4) is 0 Å². The number of amides is 1. The number of benzene rings is 1. The molecule has 0 radical (unpaired) electrons. The Balaban J connectivity index is 1.78. The molecule has 1 saturated heterocycles. The second-order valence-electron chi connectivity index (χ2n) is 7.21. The molecule has 27 heavy (non-hydrogen) atoms. The van der Waals surface area contributed by atoms with Gasteiger partial charge >= 0.3 is 0 Å². The molecule has 2 aliphatic heterocycles. The number of carbonyl (C=O) groups is 1. The first-order chi connectivity index (χ1) is 13.1. The fourth-order valence-corrected chi connectivity index (χ4v) is 4.13. The molecule has 6 nitrogen and oxygen atoms in total. The normalized spacial score (nSPS) is 21.4. The second kappa shape index (κ2) is 7.01. The van der Waals surface area contributed by atoms with Crippen LogP contribution in [0, 0.1) is 11.3 Å². The zero-order valence-electron chi connectivity index (χ0n) is 15.4. The first-order valence-electron chi connectivity index (χ1n) is 9.42. The molecule has 0 bridgehead atoms. The van der Waals surface area contributed by atoms with Gasteiger partial charge in [-0.2, -0.15) is 5.26 Å². The fourth-order valence-electron chi connectivity index (χ4n) is 4.13. The van der Waals surface area contributed by atoms with E-state index in [4.69, 9.17) is 5.73 Å². The monoisotopic (exact) mass is 361 g/mol. The molecule has 1 aromatic carbocycles. The quantitative estimate of drug-likeness (QED) is 0.904. The number of rotatable bonds is 4. The summed E-state index contributed by atoms with van der Waals surface area (Å²) in [7, 11) is 0. The summed E-state index contributed by atoms with van der Waals surface area (Å²) >= 11 is 0. The maximum Gasteiger partial charge on any atom is 0.236 e. The number of hydrogen-bond acceptors (Lipinski definition) is 5. The Morgan fingerprint density at radius 1 is 1.33 bits per heavy atom. The fraction of sp³-hybridized carbons (Fsp3) is 0.381. The van der Waals surface area contributed by atoms with E-state index in [0.29, 0.717) is 18.5 Å². The van der Waals surface area contributed by atoms with Gasteiger partial charge in [0.1, 0.15) is 0 Å². The molecule has 0 saturated carbocycles. The van der Waals surface area contributed by atoms with Gasteiger partial charge in [-0.3, -0.25) is 9.78 Å². The molecule has 2 aromatic rings. The van der Waals surface area contributed by atoms with Gasteiger partial charge < -0.3 is 15.5 Å². The molecule has 2 unspecified atom stereocenters. The standard InChI is InChI=1S/C21H23N5O/c1-2-17-19-20(18(7-9-24-19)25-10-8-16(23)13-25)26(21(17)27)12-15-6-4-3-5-14(15)11-22/h3-7,9,16-17H,2,8,10,12-13,23H2,1H3. The van der Waals surface area contributed by atoms with E-state index in [0.717, 1.165) is 42.1 Å². The van der Waals surface area contributed by atoms with Crippen molar-refractivity contribution in [2.24, 2.45) is 5.73 Å². The first kappa shape index (κ1) is 17.5. The van der Waals surface area contributed by atoms with E-state index in [2.05, 4.69) is 16.0 Å². The highest BCUT2D eigenvalue weighted by molar-refractivity contribution is 6.07. The predicted octanol–water partition coefficient (Wildman–Crippen LogP) is 2.53. The Morgan fingerprint density at radius 2 is 2.15 bits per heavy atom. The van der Waals surface area contributed by atoms with Crippen LogP contribution in [0.4, 0.5) is 11.4 Å². The van der Waals surface area contributed by atoms with Gasteiger partial charge in [0.15, 0.2) is 0 Å². The van der Waals surface area contributed by atoms with Crippen LogP contribution in [0.1, 0.15) is 42.5 Å². The number of carbonyl (C=O) groups excluding carboxylic acids is 1. The zero-order chi connectivity index (χ0) is 19.0. The van der Waals surface area contributed by atoms with E-state index in [1.807, 2.05) is 36.1 Å². The van der Waals surface area contributed by atoms with Crippen molar-refractivity contribution in [1.82, 2.24) is 4.98 Å². The molecule has 0 spiro atoms. The molecule has 1 aromatic heterocycles. The Bertz CT molecular complexity index is 919. The third-order valence-corrected chi connectivity index (χ3v) is 5.54. The lowest BCUT2D eigenvalue weighted by atomic mass is 10.0. The van der Waals surface area contributed by atoms with Gasteiger partial charge in [-0.05, 0) is 30.5 Å². The molecule has 2 N–H and O–H groups in total. The summed E-state index contributed by atoms with van der Waals surface area (Å²) in [6.45, 7) is 4.05. The van der Waals surface area contributed by atoms with Crippen molar-refractivity contribution in [2.75, 3.05) is 22.9 Å². The first-order valence-corrected chi connectivity index (χ1v) is 9.42. The summed E-state index contributed by atoms with van der Waals surface area (Å²) in [4.78, 5) is 21.8. The van der Waals surface area contributed by atoms with E-state index in [-0.39, 0.29) is 17.9 Å². The van der Waals surface area contributed by atoms with Crippen molar-refractivity contribution >= 4 is 17.3 Å². The number of aromatic nitrogens is 1. The molecular formula is C21H23N5O. The van der Waals surface area contributed by atoms with Gasteiger partial charge in [-0.1, -0.05) is 25.1 Å². The molecule has 1 fully saturated rings. The van der Waals surface area contributed by atoms with E-state index in [9.17, 15) is 10.1 Å². The van der Waals surface area contributed by atoms with Crippen molar-refractivity contribution in [2.45, 2.75) is 38.3 Å². The van der Waals surface area contributed by atoms with E-state index >= 15 is 0 Å². The van der Waals surface area contributed by atoms with Crippen molar-refractivity contribution in [3.05, 3.63) is 53.3 Å². The Kier molecular flexibility index (Phi) is 4.54. The Labute approximate surface area is 159 Å². The summed E-state index contributed by atoms with van der Waals surface area (Å²) in [6.07, 6.45) is 3.44. The molecule has 0 aliphatic carbocycles. The van der Waals surface area contributed by atoms with Crippen molar-refractivity contribution < 1.29 is 4.79 Å². The second-order valence-corrected chi connectivity index (χ2v) is 7.21. The van der Waals surface area contributed by atoms with Gasteiger partial charge in [0.25, 0.3) is 0 Å². The summed E-state index contributed by atoms with van der Waals surface area (Å²) in [5.74, 6) is -0.172. The minimum atomic E-state index is -0.231. The van der Waals surface area contributed by atoms with Crippen LogP contribution in [-0.2, 0) is 11.3 Å². The van der Waals surface area contributed by atoms with Gasteiger partial charge in [0.05, 0.1) is 41.2 Å². The minimum absolute atomic E-state index is 0.0590. The zero-order valence-corrected chi connectivity index (χ0v) is 15.4. The van der Waals surface area contributed by atoms with Crippen molar-refractivity contribution in [3.8, 4) is 6.07 Å². The van der Waals surface area contributed by atoms with E-state index in [1.165, 1.54) is 0 Å². The maximum absolute atomic E-state index is 13.2. The van der Waals surface area contributed by atoms with Crippen LogP contribution in [0.25, 0.3) is 0 Å². The third-order valence-electron chi connectivity index (χ3n) is 5.54. The predicted molar refractivity (Wildman–Crippen MR) is 104 cm³/mol. The topological polar surface area (TPSA) is 86.2 Å². The summed E-state index contributed by atoms with van der Waals surface area (Å²) < 4.78 is 0. The molecule has 4 rings (SSSR count). The van der Waals surface area contributed by atoms with Gasteiger partial charge in [-0.15, -0.1) is 0 Å². The van der Waals surface area contributed by atoms with Crippen LogP contribution in [-0.4, -0.2) is 30.0 Å². The third kappa shape index (κ3) is 2.94. The number of nitrogens with two attached hydrogens (primary N) is 1. The van der Waals surface area contributed by atoms with Crippen LogP contribution in [0.5, 0.6) is 0 Å². The van der Waals surface area contributed by atoms with Gasteiger partial charge in [0.2, 0.25) is 5.91 Å². The molecule has 3 heterocycles. The average molecular weight is 361 g/mol. The number of nitriles is 1. The Hall–Kier alpha value is -2.91. The van der Waals surface area contributed by atoms with Gasteiger partial charge in [0, 0.05) is 25.3 Å². The van der Waals surface area contributed by atoms with Crippen LogP contribution in [0.2, 0.25) is 0 Å². The molecule has 1 amide bonds. The molecule has 2 atom stereocenters. The maximum atomic E-state index is 13.2. The SMILES string of the molecule is CCC1C(=O)N(Cc2ccccc2C#N)c2c(N3CCC(N)C3)ccnc21. The van der Waals surface area contributed by atoms with Crippen LogP contribution < -0.4 is 15.5 Å². The molecule has 138 valence electrons. The molecular weight excluding hydrogens is 338 g/mol. The average Bonchev–Trinajstić information content (AvgIpc) is 3.23. The lowest BCUT2D eigenvalue weighted by molar-refractivity contribution is -0.119. The smallest absolute Gasteiger partial charge is 0.236 e. The van der Waals surface area contributed by atoms with Crippen molar-refractivity contribution in [1.29, 1.82) is 5.26 Å². The number of nitrogens with zero attached hydrogens (tertiary/aromatic N) is 4. The summed E-state index contributed by atoms with van der Waals surface area (Å²) in [5, 5.41) is 9.42. The minimum Gasteiger partial charge on any atom is -0.368 e. The number of anilines is 2. The summed E-state index contributed by atoms with van der Waals surface area (Å²) in [6, 6.07) is 11.8. The van der Waals surface area contributed by atoms with E-state index in [1.54, 1.807) is 12.3 Å². The highest BCUT2D eigenvalue weighted by atomic mass is 16.2. The largest absolute Gasteiger partial charge is 0.368 e. The van der Waals surface area contributed by atoms with Gasteiger partial charge in [-0.25, -0.2) is 0 Å². The molecule has 2 aliphatic rings.